The van der Waals surface area contributed by atoms with Crippen LogP contribution in [0.15, 0.2) is 29.8 Å². The maximum absolute atomic E-state index is 6.32. The van der Waals surface area contributed by atoms with Gasteiger partial charge >= 0.3 is 0 Å². The second-order valence-electron chi connectivity index (χ2n) is 4.99. The van der Waals surface area contributed by atoms with Crippen LogP contribution in [0.4, 0.5) is 0 Å². The van der Waals surface area contributed by atoms with Crippen LogP contribution in [0.3, 0.4) is 0 Å². The van der Waals surface area contributed by atoms with Crippen molar-refractivity contribution in [3.8, 4) is 0 Å². The minimum atomic E-state index is -0.134. The molecule has 0 aliphatic carbocycles. The van der Waals surface area contributed by atoms with E-state index in [1.54, 1.807) is 11.3 Å². The Morgan fingerprint density at radius 3 is 2.75 bits per heavy atom. The van der Waals surface area contributed by atoms with E-state index in [9.17, 15) is 0 Å². The summed E-state index contributed by atoms with van der Waals surface area (Å²) in [4.78, 5) is 9.14. The van der Waals surface area contributed by atoms with Crippen molar-refractivity contribution >= 4 is 34.0 Å². The third-order valence-electron chi connectivity index (χ3n) is 3.42. The monoisotopic (exact) mass is 305 g/mol. The van der Waals surface area contributed by atoms with Crippen molar-refractivity contribution in [2.75, 3.05) is 0 Å². The number of thiazole rings is 1. The molecule has 0 amide bonds. The number of rotatable bonds is 3. The second kappa shape index (κ2) is 5.19. The zero-order chi connectivity index (χ0) is 14.3. The molecule has 3 aromatic rings. The normalized spacial score (nSPS) is 14.6. The Morgan fingerprint density at radius 2 is 2.10 bits per heavy atom. The zero-order valence-corrected chi connectivity index (χ0v) is 13.2. The van der Waals surface area contributed by atoms with E-state index in [1.807, 2.05) is 18.5 Å². The number of aryl methyl sites for hydroxylation is 1. The molecule has 2 aromatic heterocycles. The molecule has 0 saturated heterocycles. The lowest BCUT2D eigenvalue weighted by Gasteiger charge is -2.16. The molecule has 0 saturated carbocycles. The van der Waals surface area contributed by atoms with Gasteiger partial charge in [-0.1, -0.05) is 6.07 Å². The van der Waals surface area contributed by atoms with Crippen LogP contribution in [-0.4, -0.2) is 14.5 Å². The van der Waals surface area contributed by atoms with Crippen LogP contribution in [0, 0.1) is 6.92 Å². The first kappa shape index (κ1) is 13.6. The van der Waals surface area contributed by atoms with E-state index in [2.05, 4.69) is 41.6 Å². The first-order valence-electron chi connectivity index (χ1n) is 6.60. The van der Waals surface area contributed by atoms with E-state index < -0.39 is 0 Å². The topological polar surface area (TPSA) is 30.7 Å². The van der Waals surface area contributed by atoms with Crippen LogP contribution >= 0.6 is 22.9 Å². The van der Waals surface area contributed by atoms with E-state index in [0.717, 1.165) is 21.9 Å². The summed E-state index contributed by atoms with van der Waals surface area (Å²) in [6, 6.07) is 6.46. The predicted octanol–water partition coefficient (Wildman–Crippen LogP) is 4.71. The molecule has 5 heteroatoms. The number of alkyl halides is 1. The Kier molecular flexibility index (Phi) is 3.52. The lowest BCUT2D eigenvalue weighted by atomic mass is 10.2. The van der Waals surface area contributed by atoms with Gasteiger partial charge in [0.15, 0.2) is 0 Å². The van der Waals surface area contributed by atoms with Crippen LogP contribution in [0.5, 0.6) is 0 Å². The number of fused-ring (bicyclic) bond motifs is 1. The van der Waals surface area contributed by atoms with Crippen molar-refractivity contribution < 1.29 is 0 Å². The highest BCUT2D eigenvalue weighted by atomic mass is 35.5. The highest BCUT2D eigenvalue weighted by molar-refractivity contribution is 7.09. The fourth-order valence-corrected chi connectivity index (χ4v) is 3.31. The van der Waals surface area contributed by atoms with Gasteiger partial charge in [0, 0.05) is 11.6 Å². The number of hydrogen-bond donors (Lipinski definition) is 0. The molecule has 2 heterocycles. The predicted molar refractivity (Wildman–Crippen MR) is 84.7 cm³/mol. The first-order valence-corrected chi connectivity index (χ1v) is 7.91. The van der Waals surface area contributed by atoms with Crippen LogP contribution in [-0.2, 0) is 0 Å². The standard InChI is InChI=1S/C15H16ClN3S/c1-9-4-5-13-12(8-9)18-14(10(2)16)19(13)11(3)15-17-6-7-20-15/h4-8,10-11H,1-3H3. The van der Waals surface area contributed by atoms with Crippen LogP contribution in [0.2, 0.25) is 0 Å². The third kappa shape index (κ3) is 2.23. The van der Waals surface area contributed by atoms with E-state index in [-0.39, 0.29) is 11.4 Å². The van der Waals surface area contributed by atoms with E-state index in [0.29, 0.717) is 0 Å². The molecule has 2 atom stereocenters. The minimum absolute atomic E-state index is 0.134. The van der Waals surface area contributed by atoms with Crippen molar-refractivity contribution in [1.29, 1.82) is 0 Å². The molecule has 1 aromatic carbocycles. The van der Waals surface area contributed by atoms with Gasteiger partial charge in [-0.25, -0.2) is 9.97 Å². The molecule has 104 valence electrons. The molecule has 0 bridgehead atoms. The summed E-state index contributed by atoms with van der Waals surface area (Å²) in [5.41, 5.74) is 3.31. The molecule has 0 spiro atoms. The Morgan fingerprint density at radius 1 is 1.30 bits per heavy atom. The lowest BCUT2D eigenvalue weighted by Crippen LogP contribution is -2.11. The van der Waals surface area contributed by atoms with E-state index >= 15 is 0 Å². The summed E-state index contributed by atoms with van der Waals surface area (Å²) in [6.45, 7) is 6.18. The smallest absolute Gasteiger partial charge is 0.128 e. The summed E-state index contributed by atoms with van der Waals surface area (Å²) < 4.78 is 2.20. The quantitative estimate of drug-likeness (QED) is 0.656. The maximum Gasteiger partial charge on any atom is 0.128 e. The molecule has 20 heavy (non-hydrogen) atoms. The molecule has 3 rings (SSSR count). The summed E-state index contributed by atoms with van der Waals surface area (Å²) in [5, 5.41) is 2.94. The molecule has 0 N–H and O–H groups in total. The number of benzene rings is 1. The molecular formula is C15H16ClN3S. The molecule has 0 fully saturated rings. The fourth-order valence-electron chi connectivity index (χ4n) is 2.47. The number of hydrogen-bond acceptors (Lipinski definition) is 3. The molecule has 3 nitrogen and oxygen atoms in total. The van der Waals surface area contributed by atoms with Crippen LogP contribution in [0.1, 0.15) is 41.7 Å². The Hall–Kier alpha value is -1.39. The molecule has 0 radical (unpaired) electrons. The van der Waals surface area contributed by atoms with Crippen LogP contribution < -0.4 is 0 Å². The lowest BCUT2D eigenvalue weighted by molar-refractivity contribution is 0.615. The third-order valence-corrected chi connectivity index (χ3v) is 4.57. The number of imidazole rings is 1. The van der Waals surface area contributed by atoms with E-state index in [1.165, 1.54) is 5.56 Å². The van der Waals surface area contributed by atoms with Gasteiger partial charge in [-0.3, -0.25) is 0 Å². The molecular weight excluding hydrogens is 290 g/mol. The average molecular weight is 306 g/mol. The average Bonchev–Trinajstić information content (AvgIpc) is 3.04. The Labute approximate surface area is 127 Å². The molecule has 0 aliphatic rings. The van der Waals surface area contributed by atoms with Crippen molar-refractivity contribution in [3.05, 3.63) is 46.2 Å². The van der Waals surface area contributed by atoms with Gasteiger partial charge in [0.2, 0.25) is 0 Å². The van der Waals surface area contributed by atoms with Gasteiger partial charge in [-0.15, -0.1) is 22.9 Å². The zero-order valence-electron chi connectivity index (χ0n) is 11.7. The Balaban J connectivity index is 2.24. The van der Waals surface area contributed by atoms with Crippen molar-refractivity contribution in [2.45, 2.75) is 32.2 Å². The molecule has 2 unspecified atom stereocenters. The highest BCUT2D eigenvalue weighted by Crippen LogP contribution is 2.31. The first-order chi connectivity index (χ1) is 9.58. The summed E-state index contributed by atoms with van der Waals surface area (Å²) in [5.74, 6) is 0.898. The number of halogens is 1. The highest BCUT2D eigenvalue weighted by Gasteiger charge is 2.21. The Bertz CT molecular complexity index is 731. The number of aromatic nitrogens is 3. The van der Waals surface area contributed by atoms with Gasteiger partial charge in [0.25, 0.3) is 0 Å². The number of nitrogens with zero attached hydrogens (tertiary/aromatic N) is 3. The SMILES string of the molecule is Cc1ccc2c(c1)nc(C(C)Cl)n2C(C)c1nccs1. The fraction of sp³-hybridized carbons (Fsp3) is 0.333. The second-order valence-corrected chi connectivity index (χ2v) is 6.58. The largest absolute Gasteiger partial charge is 0.317 e. The summed E-state index contributed by atoms with van der Waals surface area (Å²) >= 11 is 7.98. The van der Waals surface area contributed by atoms with Crippen molar-refractivity contribution in [3.63, 3.8) is 0 Å². The van der Waals surface area contributed by atoms with E-state index in [4.69, 9.17) is 16.6 Å². The molecule has 0 aliphatic heterocycles. The van der Waals surface area contributed by atoms with Gasteiger partial charge in [0.1, 0.15) is 10.8 Å². The van der Waals surface area contributed by atoms with Gasteiger partial charge < -0.3 is 4.57 Å². The summed E-state index contributed by atoms with van der Waals surface area (Å²) in [6.07, 6.45) is 1.84. The maximum atomic E-state index is 6.32. The van der Waals surface area contributed by atoms with Gasteiger partial charge in [-0.2, -0.15) is 0 Å². The van der Waals surface area contributed by atoms with Gasteiger partial charge in [-0.05, 0) is 38.5 Å². The minimum Gasteiger partial charge on any atom is -0.317 e. The van der Waals surface area contributed by atoms with Crippen LogP contribution in [0.25, 0.3) is 11.0 Å². The van der Waals surface area contributed by atoms with Gasteiger partial charge in [0.05, 0.1) is 22.5 Å². The summed E-state index contributed by atoms with van der Waals surface area (Å²) in [7, 11) is 0. The van der Waals surface area contributed by atoms with Crippen molar-refractivity contribution in [1.82, 2.24) is 14.5 Å². The van der Waals surface area contributed by atoms with Crippen molar-refractivity contribution in [2.24, 2.45) is 0 Å².